The minimum absolute atomic E-state index is 0.416. The Morgan fingerprint density at radius 3 is 1.69 bits per heavy atom. The highest BCUT2D eigenvalue weighted by atomic mass is 14.6. The molecule has 0 bridgehead atoms. The van der Waals surface area contributed by atoms with Crippen molar-refractivity contribution >= 4 is 0 Å². The summed E-state index contributed by atoms with van der Waals surface area (Å²) in [4.78, 5) is 0. The number of hydrogen-bond acceptors (Lipinski definition) is 0. The Morgan fingerprint density at radius 2 is 1.15 bits per heavy atom. The highest BCUT2D eigenvalue weighted by Crippen LogP contribution is 2.69. The first-order valence-corrected chi connectivity index (χ1v) is 11.8. The minimum Gasteiger partial charge on any atom is -0.0777 e. The monoisotopic (exact) mass is 362 g/mol. The van der Waals surface area contributed by atoms with Gasteiger partial charge in [0.2, 0.25) is 0 Å². The largest absolute Gasteiger partial charge is 0.0777 e. The van der Waals surface area contributed by atoms with Crippen molar-refractivity contribution in [3.05, 3.63) is 23.3 Å². The topological polar surface area (TPSA) is 0 Å². The van der Waals surface area contributed by atoms with Crippen LogP contribution in [0.25, 0.3) is 0 Å². The van der Waals surface area contributed by atoms with Gasteiger partial charge in [0.05, 0.1) is 0 Å². The Morgan fingerprint density at radius 1 is 0.654 bits per heavy atom. The Hall–Kier alpha value is -0.520. The molecule has 2 fully saturated rings. The molecule has 0 saturated heterocycles. The van der Waals surface area contributed by atoms with Crippen LogP contribution in [0.15, 0.2) is 23.3 Å². The van der Waals surface area contributed by atoms with Crippen molar-refractivity contribution in [2.45, 2.75) is 115 Å². The lowest BCUT2D eigenvalue weighted by molar-refractivity contribution is 0.196. The Bertz CT molecular complexity index is 478. The first-order valence-electron chi connectivity index (χ1n) is 11.8. The second-order valence-electron chi connectivity index (χ2n) is 8.52. The molecule has 4 aliphatic rings. The Balaban J connectivity index is 0.000000698. The van der Waals surface area contributed by atoms with Crippen LogP contribution in [-0.4, -0.2) is 0 Å². The summed E-state index contributed by atoms with van der Waals surface area (Å²) in [5, 5.41) is 0. The number of rotatable bonds is 0. The van der Waals surface area contributed by atoms with Gasteiger partial charge in [0, 0.05) is 10.8 Å². The van der Waals surface area contributed by atoms with Crippen molar-refractivity contribution in [2.24, 2.45) is 28.1 Å². The first kappa shape index (κ1) is 25.5. The molecule has 0 aromatic rings. The smallest absolute Gasteiger partial charge is 0.00743 e. The summed E-state index contributed by atoms with van der Waals surface area (Å²) >= 11 is 0. The lowest BCUT2D eigenvalue weighted by atomic mass is 9.52. The zero-order chi connectivity index (χ0) is 20.8. The third kappa shape index (κ3) is 4.15. The molecule has 0 N–H and O–H groups in total. The summed E-state index contributed by atoms with van der Waals surface area (Å²) in [6.07, 6.45) is 12.2. The zero-order valence-electron chi connectivity index (χ0n) is 20.3. The maximum atomic E-state index is 2.57. The SMILES string of the molecule is CC.CC.CC.CC.CC12C=CC3(C)CCC4C3=C1C(CCC4(C)C)C2. The van der Waals surface area contributed by atoms with E-state index in [4.69, 9.17) is 0 Å². The molecule has 4 rings (SSSR count). The summed E-state index contributed by atoms with van der Waals surface area (Å²) in [6, 6.07) is 0. The van der Waals surface area contributed by atoms with Crippen molar-refractivity contribution in [3.8, 4) is 0 Å². The van der Waals surface area contributed by atoms with E-state index in [1.54, 1.807) is 0 Å². The van der Waals surface area contributed by atoms with Crippen molar-refractivity contribution in [3.63, 3.8) is 0 Å². The van der Waals surface area contributed by atoms with Crippen LogP contribution in [0.2, 0.25) is 0 Å². The van der Waals surface area contributed by atoms with E-state index in [1.165, 1.54) is 32.1 Å². The van der Waals surface area contributed by atoms with Crippen LogP contribution < -0.4 is 0 Å². The van der Waals surface area contributed by atoms with Gasteiger partial charge in [-0.3, -0.25) is 0 Å². The van der Waals surface area contributed by atoms with Gasteiger partial charge in [0.25, 0.3) is 0 Å². The summed E-state index contributed by atoms with van der Waals surface area (Å²) in [5.41, 5.74) is 5.18. The molecule has 0 nitrogen and oxygen atoms in total. The van der Waals surface area contributed by atoms with Gasteiger partial charge in [-0.1, -0.05) is 106 Å². The minimum atomic E-state index is 0.416. The van der Waals surface area contributed by atoms with Crippen molar-refractivity contribution in [1.29, 1.82) is 0 Å². The van der Waals surface area contributed by atoms with Gasteiger partial charge in [-0.05, 0) is 49.4 Å². The van der Waals surface area contributed by atoms with E-state index in [0.717, 1.165) is 11.8 Å². The van der Waals surface area contributed by atoms with Gasteiger partial charge < -0.3 is 0 Å². The molecule has 2 saturated carbocycles. The molecule has 26 heavy (non-hydrogen) atoms. The zero-order valence-corrected chi connectivity index (χ0v) is 20.3. The maximum absolute atomic E-state index is 2.57. The molecule has 4 unspecified atom stereocenters. The van der Waals surface area contributed by atoms with Gasteiger partial charge in [0.15, 0.2) is 0 Å². The second-order valence-corrected chi connectivity index (χ2v) is 8.52. The van der Waals surface area contributed by atoms with Crippen LogP contribution in [0.5, 0.6) is 0 Å². The Labute approximate surface area is 166 Å². The van der Waals surface area contributed by atoms with Gasteiger partial charge in [-0.2, -0.15) is 0 Å². The highest BCUT2D eigenvalue weighted by molar-refractivity contribution is 5.49. The number of allylic oxidation sites excluding steroid dienone is 4. The molecule has 4 aliphatic carbocycles. The van der Waals surface area contributed by atoms with Gasteiger partial charge in [0.1, 0.15) is 0 Å². The number of hydrogen-bond donors (Lipinski definition) is 0. The molecular formula is C26H50. The van der Waals surface area contributed by atoms with Crippen LogP contribution in [0.1, 0.15) is 115 Å². The van der Waals surface area contributed by atoms with Gasteiger partial charge >= 0.3 is 0 Å². The van der Waals surface area contributed by atoms with E-state index < -0.39 is 0 Å². The van der Waals surface area contributed by atoms with Crippen LogP contribution in [-0.2, 0) is 0 Å². The van der Waals surface area contributed by atoms with Gasteiger partial charge in [-0.15, -0.1) is 0 Å². The summed E-state index contributed by atoms with van der Waals surface area (Å²) in [6.45, 7) is 26.0. The highest BCUT2D eigenvalue weighted by Gasteiger charge is 2.57. The third-order valence-electron chi connectivity index (χ3n) is 6.80. The fraction of sp³-hybridized carbons (Fsp3) is 0.846. The van der Waals surface area contributed by atoms with Crippen molar-refractivity contribution < 1.29 is 0 Å². The van der Waals surface area contributed by atoms with Crippen LogP contribution in [0.4, 0.5) is 0 Å². The second kappa shape index (κ2) is 10.1. The molecule has 0 heterocycles. The molecule has 0 aliphatic heterocycles. The molecule has 0 aromatic heterocycles. The normalized spacial score (nSPS) is 36.8. The fourth-order valence-corrected chi connectivity index (χ4v) is 5.65. The van der Waals surface area contributed by atoms with Crippen molar-refractivity contribution in [2.75, 3.05) is 0 Å². The summed E-state index contributed by atoms with van der Waals surface area (Å²) < 4.78 is 0. The third-order valence-corrected chi connectivity index (χ3v) is 6.80. The molecule has 0 aromatic carbocycles. The average Bonchev–Trinajstić information content (AvgIpc) is 2.96. The van der Waals surface area contributed by atoms with E-state index >= 15 is 0 Å². The molecule has 0 amide bonds. The van der Waals surface area contributed by atoms with E-state index in [0.29, 0.717) is 16.2 Å². The molecule has 0 heteroatoms. The van der Waals surface area contributed by atoms with E-state index in [1.807, 2.05) is 66.5 Å². The van der Waals surface area contributed by atoms with E-state index in [2.05, 4.69) is 39.8 Å². The summed E-state index contributed by atoms with van der Waals surface area (Å²) in [5.74, 6) is 1.80. The van der Waals surface area contributed by atoms with E-state index in [-0.39, 0.29) is 0 Å². The van der Waals surface area contributed by atoms with Crippen LogP contribution in [0, 0.1) is 28.1 Å². The lowest BCUT2D eigenvalue weighted by Gasteiger charge is -2.53. The molecule has 0 radical (unpaired) electrons. The molecule has 154 valence electrons. The van der Waals surface area contributed by atoms with Crippen molar-refractivity contribution in [1.82, 2.24) is 0 Å². The predicted octanol–water partition coefficient (Wildman–Crippen LogP) is 9.22. The molecule has 4 atom stereocenters. The maximum Gasteiger partial charge on any atom is 0.00743 e. The fourth-order valence-electron chi connectivity index (χ4n) is 5.65. The standard InChI is InChI=1S/C18H26.4C2H6/c1-16(2)7-5-12-11-18(4)10-9-17(3)8-6-13(16)15(17)14(12)18;4*1-2/h9-10,12-13H,5-8,11H2,1-4H3;4*1-2H3. The first-order chi connectivity index (χ1) is 12.4. The Kier molecular flexibility index (Phi) is 9.94. The average molecular weight is 363 g/mol. The lowest BCUT2D eigenvalue weighted by Crippen LogP contribution is -2.41. The summed E-state index contributed by atoms with van der Waals surface area (Å²) in [7, 11) is 0. The van der Waals surface area contributed by atoms with Crippen LogP contribution in [0.3, 0.4) is 0 Å². The molecule has 0 spiro atoms. The quantitative estimate of drug-likeness (QED) is 0.377. The van der Waals surface area contributed by atoms with E-state index in [9.17, 15) is 0 Å². The van der Waals surface area contributed by atoms with Gasteiger partial charge in [-0.25, -0.2) is 0 Å². The van der Waals surface area contributed by atoms with Crippen LogP contribution >= 0.6 is 0 Å². The predicted molar refractivity (Wildman–Crippen MR) is 122 cm³/mol. The molecular weight excluding hydrogens is 312 g/mol.